The molecule has 29 heavy (non-hydrogen) atoms. The van der Waals surface area contributed by atoms with E-state index in [1.165, 1.54) is 19.1 Å². The van der Waals surface area contributed by atoms with Gasteiger partial charge in [-0.2, -0.15) is 0 Å². The quantitative estimate of drug-likeness (QED) is 0.661. The van der Waals surface area contributed by atoms with E-state index in [-0.39, 0.29) is 18.9 Å². The molecule has 8 heteroatoms. The Hall–Kier alpha value is -3.68. The molecule has 0 saturated heterocycles. The van der Waals surface area contributed by atoms with E-state index in [1.807, 2.05) is 0 Å². The maximum absolute atomic E-state index is 11.9. The van der Waals surface area contributed by atoms with Gasteiger partial charge in [-0.1, -0.05) is 12.1 Å². The minimum Gasteiger partial charge on any atom is -0.462 e. The van der Waals surface area contributed by atoms with Crippen LogP contribution in [0, 0.1) is 0 Å². The van der Waals surface area contributed by atoms with Crippen LogP contribution in [0.15, 0.2) is 48.5 Å². The fourth-order valence-corrected chi connectivity index (χ4v) is 2.37. The Morgan fingerprint density at radius 3 is 2.00 bits per heavy atom. The van der Waals surface area contributed by atoms with Crippen molar-refractivity contribution < 1.29 is 28.7 Å². The molecule has 0 unspecified atom stereocenters. The first-order chi connectivity index (χ1) is 13.9. The predicted octanol–water partition coefficient (Wildman–Crippen LogP) is 2.55. The fourth-order valence-electron chi connectivity index (χ4n) is 2.37. The molecule has 0 aromatic heterocycles. The molecule has 0 spiro atoms. The van der Waals surface area contributed by atoms with Crippen LogP contribution >= 0.6 is 0 Å². The van der Waals surface area contributed by atoms with E-state index in [0.717, 1.165) is 0 Å². The highest BCUT2D eigenvalue weighted by Gasteiger charge is 2.10. The number of hydrogen-bond acceptors (Lipinski definition) is 6. The van der Waals surface area contributed by atoms with Crippen LogP contribution < -0.4 is 10.6 Å². The van der Waals surface area contributed by atoms with Gasteiger partial charge in [0.25, 0.3) is 5.91 Å². The van der Waals surface area contributed by atoms with Crippen molar-refractivity contribution in [3.05, 3.63) is 59.7 Å². The number of carbonyl (C=O) groups is 4. The largest absolute Gasteiger partial charge is 0.462 e. The van der Waals surface area contributed by atoms with Crippen LogP contribution in [0.5, 0.6) is 0 Å². The van der Waals surface area contributed by atoms with Crippen molar-refractivity contribution in [1.29, 1.82) is 0 Å². The average Bonchev–Trinajstić information content (AvgIpc) is 2.68. The molecular weight excluding hydrogens is 376 g/mol. The lowest BCUT2D eigenvalue weighted by Gasteiger charge is -2.08. The Bertz CT molecular complexity index is 875. The summed E-state index contributed by atoms with van der Waals surface area (Å²) in [5.74, 6) is -1.67. The summed E-state index contributed by atoms with van der Waals surface area (Å²) in [6, 6.07) is 12.9. The van der Waals surface area contributed by atoms with Crippen LogP contribution in [0.2, 0.25) is 0 Å². The predicted molar refractivity (Wildman–Crippen MR) is 106 cm³/mol. The second kappa shape index (κ2) is 10.6. The van der Waals surface area contributed by atoms with E-state index in [9.17, 15) is 19.2 Å². The van der Waals surface area contributed by atoms with E-state index >= 15 is 0 Å². The van der Waals surface area contributed by atoms with E-state index in [4.69, 9.17) is 9.47 Å². The molecule has 0 saturated carbocycles. The van der Waals surface area contributed by atoms with Crippen LogP contribution in [-0.4, -0.2) is 37.0 Å². The number of nitrogens with one attached hydrogen (secondary N) is 2. The number of carbonyl (C=O) groups excluding carboxylic acids is 4. The third-order valence-corrected chi connectivity index (χ3v) is 3.67. The van der Waals surface area contributed by atoms with Gasteiger partial charge in [-0.3, -0.25) is 14.4 Å². The molecule has 0 aliphatic carbocycles. The molecule has 8 nitrogen and oxygen atoms in total. The number of amides is 2. The van der Waals surface area contributed by atoms with E-state index in [2.05, 4.69) is 10.6 Å². The highest BCUT2D eigenvalue weighted by molar-refractivity contribution is 5.94. The summed E-state index contributed by atoms with van der Waals surface area (Å²) in [4.78, 5) is 46.4. The molecule has 0 heterocycles. The maximum atomic E-state index is 11.9. The summed E-state index contributed by atoms with van der Waals surface area (Å²) in [7, 11) is 0. The maximum Gasteiger partial charge on any atom is 0.338 e. The van der Waals surface area contributed by atoms with Crippen molar-refractivity contribution in [3.8, 4) is 0 Å². The molecule has 2 rings (SSSR count). The van der Waals surface area contributed by atoms with Gasteiger partial charge in [0.1, 0.15) is 0 Å². The second-order valence-electron chi connectivity index (χ2n) is 6.06. The molecule has 0 radical (unpaired) electrons. The van der Waals surface area contributed by atoms with Crippen molar-refractivity contribution >= 4 is 35.1 Å². The van der Waals surface area contributed by atoms with Crippen molar-refractivity contribution in [3.63, 3.8) is 0 Å². The van der Waals surface area contributed by atoms with Crippen molar-refractivity contribution in [2.75, 3.05) is 23.8 Å². The molecule has 2 N–H and O–H groups in total. The minimum atomic E-state index is -0.551. The van der Waals surface area contributed by atoms with Gasteiger partial charge in [0.2, 0.25) is 5.91 Å². The first kappa shape index (κ1) is 21.6. The van der Waals surface area contributed by atoms with Crippen molar-refractivity contribution in [1.82, 2.24) is 0 Å². The van der Waals surface area contributed by atoms with Gasteiger partial charge in [0.05, 0.1) is 18.6 Å². The number of anilines is 2. The lowest BCUT2D eigenvalue weighted by atomic mass is 10.1. The monoisotopic (exact) mass is 398 g/mol. The number of rotatable bonds is 8. The molecule has 0 bridgehead atoms. The number of esters is 2. The summed E-state index contributed by atoms with van der Waals surface area (Å²) in [6.07, 6.45) is 0.00185. The van der Waals surface area contributed by atoms with E-state index in [0.29, 0.717) is 22.5 Å². The van der Waals surface area contributed by atoms with Gasteiger partial charge in [0.15, 0.2) is 6.61 Å². The number of ether oxygens (including phenoxy) is 2. The summed E-state index contributed by atoms with van der Waals surface area (Å²) >= 11 is 0. The Kier molecular flexibility index (Phi) is 7.90. The number of benzene rings is 2. The van der Waals surface area contributed by atoms with Gasteiger partial charge in [0, 0.05) is 18.3 Å². The zero-order valence-corrected chi connectivity index (χ0v) is 16.2. The molecule has 0 aliphatic rings. The molecule has 2 aromatic carbocycles. The molecule has 2 aromatic rings. The van der Waals surface area contributed by atoms with Gasteiger partial charge in [-0.05, 0) is 48.9 Å². The number of hydrogen-bond donors (Lipinski definition) is 2. The van der Waals surface area contributed by atoms with Crippen LogP contribution in [0.3, 0.4) is 0 Å². The normalized spacial score (nSPS) is 10.0. The van der Waals surface area contributed by atoms with E-state index < -0.39 is 24.5 Å². The zero-order valence-electron chi connectivity index (χ0n) is 16.2. The minimum absolute atomic E-state index is 0.00185. The molecule has 0 atom stereocenters. The highest BCUT2D eigenvalue weighted by Crippen LogP contribution is 2.12. The van der Waals surface area contributed by atoms with Gasteiger partial charge in [-0.25, -0.2) is 4.79 Å². The Morgan fingerprint density at radius 2 is 1.41 bits per heavy atom. The summed E-state index contributed by atoms with van der Waals surface area (Å²) in [5, 5.41) is 5.21. The Labute approximate surface area is 168 Å². The van der Waals surface area contributed by atoms with Crippen LogP contribution in [0.4, 0.5) is 11.4 Å². The highest BCUT2D eigenvalue weighted by atomic mass is 16.5. The van der Waals surface area contributed by atoms with Crippen LogP contribution in [-0.2, 0) is 30.3 Å². The second-order valence-corrected chi connectivity index (χ2v) is 6.06. The smallest absolute Gasteiger partial charge is 0.338 e. The van der Waals surface area contributed by atoms with Crippen LogP contribution in [0.1, 0.15) is 29.8 Å². The summed E-state index contributed by atoms with van der Waals surface area (Å²) in [5.41, 5.74) is 2.16. The molecular formula is C21H22N2O6. The average molecular weight is 398 g/mol. The van der Waals surface area contributed by atoms with Crippen molar-refractivity contribution in [2.45, 2.75) is 20.3 Å². The first-order valence-corrected chi connectivity index (χ1v) is 8.96. The summed E-state index contributed by atoms with van der Waals surface area (Å²) < 4.78 is 9.86. The third kappa shape index (κ3) is 7.45. The topological polar surface area (TPSA) is 111 Å². The van der Waals surface area contributed by atoms with Gasteiger partial charge >= 0.3 is 11.9 Å². The third-order valence-electron chi connectivity index (χ3n) is 3.67. The molecule has 0 fully saturated rings. The Balaban J connectivity index is 1.77. The van der Waals surface area contributed by atoms with Gasteiger partial charge in [-0.15, -0.1) is 0 Å². The molecule has 0 aliphatic heterocycles. The lowest BCUT2D eigenvalue weighted by molar-refractivity contribution is -0.146. The van der Waals surface area contributed by atoms with E-state index in [1.54, 1.807) is 43.3 Å². The lowest BCUT2D eigenvalue weighted by Crippen LogP contribution is -2.21. The van der Waals surface area contributed by atoms with Crippen molar-refractivity contribution in [2.24, 2.45) is 0 Å². The summed E-state index contributed by atoms with van der Waals surface area (Å²) in [6.45, 7) is 2.98. The fraction of sp³-hybridized carbons (Fsp3) is 0.238. The SMILES string of the molecule is CCOC(=O)c1ccc(NC(=O)COC(=O)Cc2ccc(NC(C)=O)cc2)cc1. The standard InChI is InChI=1S/C21H22N2O6/c1-3-28-21(27)16-6-10-18(11-7-16)23-19(25)13-29-20(26)12-15-4-8-17(9-5-15)22-14(2)24/h4-11H,3,12-13H2,1-2H3,(H,22,24)(H,23,25). The van der Waals surface area contributed by atoms with Crippen LogP contribution in [0.25, 0.3) is 0 Å². The Morgan fingerprint density at radius 1 is 0.828 bits per heavy atom. The molecule has 152 valence electrons. The van der Waals surface area contributed by atoms with Gasteiger partial charge < -0.3 is 20.1 Å². The first-order valence-electron chi connectivity index (χ1n) is 8.96. The zero-order chi connectivity index (χ0) is 21.2. The molecule has 2 amide bonds.